The van der Waals surface area contributed by atoms with E-state index in [9.17, 15) is 4.79 Å². The maximum Gasteiger partial charge on any atom is 0.501 e. The minimum absolute atomic E-state index is 0.0647. The van der Waals surface area contributed by atoms with Crippen LogP contribution in [0.2, 0.25) is 22.7 Å². The zero-order valence-electron chi connectivity index (χ0n) is 20.9. The van der Waals surface area contributed by atoms with Crippen LogP contribution in [0.4, 0.5) is 0 Å². The highest BCUT2D eigenvalue weighted by atomic mass is 28.4. The first-order chi connectivity index (χ1) is 14.3. The molecule has 0 radical (unpaired) electrons. The lowest BCUT2D eigenvalue weighted by atomic mass is 10.2. The van der Waals surface area contributed by atoms with E-state index in [0.717, 1.165) is 12.8 Å². The van der Waals surface area contributed by atoms with Gasteiger partial charge in [0, 0.05) is 25.9 Å². The molecule has 0 saturated heterocycles. The van der Waals surface area contributed by atoms with Crippen LogP contribution in [0.1, 0.15) is 93.9 Å². The highest BCUT2D eigenvalue weighted by Gasteiger charge is 2.55. The molecule has 0 aromatic carbocycles. The van der Waals surface area contributed by atoms with E-state index in [4.69, 9.17) is 17.7 Å². The largest absolute Gasteiger partial charge is 0.518 e. The number of carbonyl (C=O) groups is 1. The third-order valence-electron chi connectivity index (χ3n) is 7.09. The van der Waals surface area contributed by atoms with Crippen molar-refractivity contribution in [1.29, 1.82) is 0 Å². The monoisotopic (exact) mass is 460 g/mol. The summed E-state index contributed by atoms with van der Waals surface area (Å²) in [4.78, 5) is 13.5. The van der Waals surface area contributed by atoms with Gasteiger partial charge in [0.25, 0.3) is 14.3 Å². The van der Waals surface area contributed by atoms with Gasteiger partial charge in [-0.05, 0) is 50.2 Å². The van der Waals surface area contributed by atoms with Crippen molar-refractivity contribution >= 4 is 23.1 Å². The molecule has 30 heavy (non-hydrogen) atoms. The van der Waals surface area contributed by atoms with Gasteiger partial charge in [-0.1, -0.05) is 60.3 Å². The van der Waals surface area contributed by atoms with Gasteiger partial charge in [0.1, 0.15) is 0 Å². The predicted octanol–water partition coefficient (Wildman–Crippen LogP) is 6.70. The molecule has 1 fully saturated rings. The SMILES string of the molecule is CCO[Si](CC(C)C(=O)O[Si](C(C)CC)(C(C)CC)C1CCCC1)(OCC)OCC. The van der Waals surface area contributed by atoms with Crippen LogP contribution in [-0.4, -0.2) is 42.9 Å². The minimum Gasteiger partial charge on any atom is -0.518 e. The quantitative estimate of drug-likeness (QED) is 0.254. The summed E-state index contributed by atoms with van der Waals surface area (Å²) in [5, 5.41) is 0. The van der Waals surface area contributed by atoms with Crippen LogP contribution < -0.4 is 0 Å². The Kier molecular flexibility index (Phi) is 12.4. The second-order valence-electron chi connectivity index (χ2n) is 8.96. The molecular formula is C23H48O5Si2. The number of rotatable bonds is 15. The van der Waals surface area contributed by atoms with Crippen molar-refractivity contribution < 1.29 is 22.5 Å². The molecule has 0 N–H and O–H groups in total. The number of hydrogen-bond acceptors (Lipinski definition) is 5. The van der Waals surface area contributed by atoms with Gasteiger partial charge in [0.15, 0.2) is 0 Å². The Labute approximate surface area is 188 Å². The van der Waals surface area contributed by atoms with Crippen molar-refractivity contribution in [2.45, 2.75) is 117 Å². The third kappa shape index (κ3) is 6.64. The topological polar surface area (TPSA) is 54.0 Å². The van der Waals surface area contributed by atoms with Gasteiger partial charge in [0.2, 0.25) is 0 Å². The van der Waals surface area contributed by atoms with Crippen molar-refractivity contribution in [3.05, 3.63) is 0 Å². The molecule has 0 aliphatic heterocycles. The highest BCUT2D eigenvalue weighted by Crippen LogP contribution is 2.52. The fraction of sp³-hybridized carbons (Fsp3) is 0.957. The van der Waals surface area contributed by atoms with Crippen LogP contribution in [0.25, 0.3) is 0 Å². The van der Waals surface area contributed by atoms with E-state index >= 15 is 0 Å². The van der Waals surface area contributed by atoms with Crippen molar-refractivity contribution in [2.24, 2.45) is 5.92 Å². The summed E-state index contributed by atoms with van der Waals surface area (Å²) in [6.07, 6.45) is 7.13. The van der Waals surface area contributed by atoms with Gasteiger partial charge in [-0.3, -0.25) is 4.79 Å². The van der Waals surface area contributed by atoms with Crippen molar-refractivity contribution in [2.75, 3.05) is 19.8 Å². The lowest BCUT2D eigenvalue weighted by Gasteiger charge is -2.45. The molecule has 0 spiro atoms. The Bertz CT molecular complexity index is 469. The minimum atomic E-state index is -2.88. The molecule has 1 aliphatic carbocycles. The standard InChI is InChI=1S/C23H48O5Si2/c1-9-20(7)30(21(8)10-2,22-16-14-15-17-22)28-23(24)19(6)18-29(25-11-3,26-12-4)27-13-5/h19-22H,9-18H2,1-8H3. The number of carbonyl (C=O) groups excluding carboxylic acids is 1. The van der Waals surface area contributed by atoms with Gasteiger partial charge < -0.3 is 17.7 Å². The van der Waals surface area contributed by atoms with Crippen LogP contribution in [0.3, 0.4) is 0 Å². The fourth-order valence-electron chi connectivity index (χ4n) is 5.28. The molecular weight excluding hydrogens is 412 g/mol. The molecule has 7 heteroatoms. The molecule has 3 unspecified atom stereocenters. The zero-order chi connectivity index (χ0) is 22.8. The number of hydrogen-bond donors (Lipinski definition) is 0. The lowest BCUT2D eigenvalue weighted by Crippen LogP contribution is -2.53. The lowest BCUT2D eigenvalue weighted by molar-refractivity contribution is -0.139. The predicted molar refractivity (Wildman–Crippen MR) is 128 cm³/mol. The molecule has 0 heterocycles. The summed E-state index contributed by atoms with van der Waals surface area (Å²) in [6, 6.07) is 0.484. The van der Waals surface area contributed by atoms with E-state index in [-0.39, 0.29) is 11.9 Å². The second-order valence-corrected chi connectivity index (χ2v) is 16.3. The smallest absolute Gasteiger partial charge is 0.501 e. The molecule has 3 atom stereocenters. The van der Waals surface area contributed by atoms with Crippen LogP contribution >= 0.6 is 0 Å². The molecule has 1 saturated carbocycles. The zero-order valence-corrected chi connectivity index (χ0v) is 22.9. The van der Waals surface area contributed by atoms with Crippen molar-refractivity contribution in [1.82, 2.24) is 0 Å². The second kappa shape index (κ2) is 13.4. The molecule has 178 valence electrons. The molecule has 5 nitrogen and oxygen atoms in total. The summed E-state index contributed by atoms with van der Waals surface area (Å²) in [5.41, 5.74) is 1.53. The molecule has 0 bridgehead atoms. The van der Waals surface area contributed by atoms with Crippen LogP contribution in [0, 0.1) is 5.92 Å². The molecule has 0 amide bonds. The molecule has 0 aromatic rings. The summed E-state index contributed by atoms with van der Waals surface area (Å²) < 4.78 is 24.7. The van der Waals surface area contributed by atoms with Gasteiger partial charge in [-0.2, -0.15) is 0 Å². The Morgan fingerprint density at radius 3 is 1.63 bits per heavy atom. The summed E-state index contributed by atoms with van der Waals surface area (Å²) >= 11 is 0. The van der Waals surface area contributed by atoms with Gasteiger partial charge in [-0.25, -0.2) is 0 Å². The van der Waals surface area contributed by atoms with Crippen LogP contribution in [-0.2, 0) is 22.5 Å². The van der Waals surface area contributed by atoms with Crippen molar-refractivity contribution in [3.63, 3.8) is 0 Å². The van der Waals surface area contributed by atoms with Gasteiger partial charge >= 0.3 is 8.80 Å². The van der Waals surface area contributed by atoms with E-state index < -0.39 is 17.1 Å². The fourth-order valence-corrected chi connectivity index (χ4v) is 14.4. The summed E-state index contributed by atoms with van der Waals surface area (Å²) in [6.45, 7) is 18.5. The molecule has 0 aromatic heterocycles. The Balaban J connectivity index is 3.14. The van der Waals surface area contributed by atoms with E-state index in [1.165, 1.54) is 25.7 Å². The Morgan fingerprint density at radius 1 is 0.833 bits per heavy atom. The van der Waals surface area contributed by atoms with Gasteiger partial charge in [-0.15, -0.1) is 0 Å². The average molecular weight is 461 g/mol. The maximum atomic E-state index is 13.5. The van der Waals surface area contributed by atoms with Crippen LogP contribution in [0.15, 0.2) is 0 Å². The molecule has 1 aliphatic rings. The highest BCUT2D eigenvalue weighted by molar-refractivity contribution is 6.79. The molecule has 1 rings (SSSR count). The average Bonchev–Trinajstić information content (AvgIpc) is 3.26. The van der Waals surface area contributed by atoms with E-state index in [1.807, 2.05) is 27.7 Å². The first-order valence-electron chi connectivity index (χ1n) is 12.4. The summed E-state index contributed by atoms with van der Waals surface area (Å²) in [7, 11) is -5.17. The first-order valence-corrected chi connectivity index (χ1v) is 16.5. The first kappa shape index (κ1) is 27.8. The normalized spacial score (nSPS) is 20.5. The third-order valence-corrected chi connectivity index (χ3v) is 16.7. The Hall–Kier alpha value is -0.216. The maximum absolute atomic E-state index is 13.5. The van der Waals surface area contributed by atoms with E-state index in [0.29, 0.717) is 42.5 Å². The Morgan fingerprint density at radius 2 is 1.27 bits per heavy atom. The van der Waals surface area contributed by atoms with Crippen LogP contribution in [0.5, 0.6) is 0 Å². The van der Waals surface area contributed by atoms with E-state index in [1.54, 1.807) is 0 Å². The van der Waals surface area contributed by atoms with Crippen molar-refractivity contribution in [3.8, 4) is 0 Å². The summed E-state index contributed by atoms with van der Waals surface area (Å²) in [5.74, 6) is -0.354. The van der Waals surface area contributed by atoms with Gasteiger partial charge in [0.05, 0.1) is 5.92 Å². The van der Waals surface area contributed by atoms with E-state index in [2.05, 4.69) is 27.7 Å².